The van der Waals surface area contributed by atoms with Gasteiger partial charge in [-0.1, -0.05) is 6.07 Å². The minimum atomic E-state index is -0.306. The highest BCUT2D eigenvalue weighted by Gasteiger charge is 2.55. The van der Waals surface area contributed by atoms with Crippen molar-refractivity contribution in [3.8, 4) is 0 Å². The normalized spacial score (nSPS) is 39.7. The molecule has 0 atom stereocenters. The molecule has 4 nitrogen and oxygen atoms in total. The van der Waals surface area contributed by atoms with Gasteiger partial charge in [0.05, 0.1) is 0 Å². The van der Waals surface area contributed by atoms with Crippen LogP contribution in [-0.4, -0.2) is 16.9 Å². The average molecular weight is 308 g/mol. The fourth-order valence-corrected chi connectivity index (χ4v) is 5.63. The molecular formula is C19H20N2O2. The lowest BCUT2D eigenvalue weighted by atomic mass is 9.49. The quantitative estimate of drug-likeness (QED) is 0.619. The van der Waals surface area contributed by atoms with Crippen LogP contribution in [0.5, 0.6) is 0 Å². The molecule has 4 saturated carbocycles. The van der Waals surface area contributed by atoms with Gasteiger partial charge in [0, 0.05) is 17.8 Å². The zero-order valence-corrected chi connectivity index (χ0v) is 13.1. The molecule has 1 aliphatic heterocycles. The molecule has 0 unspecified atom stereocenters. The Labute approximate surface area is 135 Å². The van der Waals surface area contributed by atoms with Gasteiger partial charge in [0.15, 0.2) is 5.70 Å². The number of hydrogen-bond donors (Lipinski definition) is 0. The van der Waals surface area contributed by atoms with Crippen LogP contribution in [-0.2, 0) is 9.53 Å². The maximum Gasteiger partial charge on any atom is 0.363 e. The van der Waals surface area contributed by atoms with E-state index in [1.54, 1.807) is 18.5 Å². The summed E-state index contributed by atoms with van der Waals surface area (Å²) in [7, 11) is 0. The Kier molecular flexibility index (Phi) is 2.79. The van der Waals surface area contributed by atoms with Crippen LogP contribution >= 0.6 is 0 Å². The van der Waals surface area contributed by atoms with Crippen LogP contribution in [0.1, 0.15) is 44.1 Å². The Bertz CT molecular complexity index is 685. The molecule has 2 heterocycles. The monoisotopic (exact) mass is 308 g/mol. The molecule has 23 heavy (non-hydrogen) atoms. The average Bonchev–Trinajstić information content (AvgIpc) is 2.89. The van der Waals surface area contributed by atoms with Gasteiger partial charge in [-0.05, 0) is 74.0 Å². The van der Waals surface area contributed by atoms with Crippen LogP contribution in [0.15, 0.2) is 35.2 Å². The van der Waals surface area contributed by atoms with Crippen molar-refractivity contribution in [2.75, 3.05) is 0 Å². The third-order valence-corrected chi connectivity index (χ3v) is 6.10. The standard InChI is InChI=1S/C19H20N2O2/c22-17-16(7-12-2-1-3-20-11-12)21-18(23-17)19-8-13-4-14(9-19)6-15(5-13)10-19/h1-3,7,11,13-15H,4-6,8-10H2. The summed E-state index contributed by atoms with van der Waals surface area (Å²) in [5.41, 5.74) is 1.34. The summed E-state index contributed by atoms with van der Waals surface area (Å²) in [5, 5.41) is 0. The molecule has 0 aromatic carbocycles. The van der Waals surface area contributed by atoms with E-state index in [9.17, 15) is 4.79 Å². The SMILES string of the molecule is O=C1OC(C23CC4CC(CC(C4)C2)C3)=NC1=Cc1cccnc1. The molecule has 5 aliphatic rings. The second-order valence-corrected chi connectivity index (χ2v) is 7.82. The van der Waals surface area contributed by atoms with Crippen molar-refractivity contribution in [3.63, 3.8) is 0 Å². The number of carbonyl (C=O) groups is 1. The molecule has 0 saturated heterocycles. The van der Waals surface area contributed by atoms with Crippen molar-refractivity contribution < 1.29 is 9.53 Å². The Hall–Kier alpha value is -1.97. The molecular weight excluding hydrogens is 288 g/mol. The first-order valence-electron chi connectivity index (χ1n) is 8.63. The van der Waals surface area contributed by atoms with Gasteiger partial charge in [-0.15, -0.1) is 0 Å². The van der Waals surface area contributed by atoms with Crippen LogP contribution in [0.2, 0.25) is 0 Å². The van der Waals surface area contributed by atoms with E-state index in [-0.39, 0.29) is 11.4 Å². The third kappa shape index (κ3) is 2.15. The van der Waals surface area contributed by atoms with Crippen LogP contribution < -0.4 is 0 Å². The molecule has 118 valence electrons. The van der Waals surface area contributed by atoms with Crippen molar-refractivity contribution in [2.45, 2.75) is 38.5 Å². The van der Waals surface area contributed by atoms with Crippen molar-refractivity contribution in [2.24, 2.45) is 28.2 Å². The number of ether oxygens (including phenoxy) is 1. The van der Waals surface area contributed by atoms with E-state index in [0.29, 0.717) is 11.6 Å². The van der Waals surface area contributed by atoms with E-state index < -0.39 is 0 Å². The maximum absolute atomic E-state index is 12.3. The summed E-state index contributed by atoms with van der Waals surface area (Å²) in [4.78, 5) is 21.0. The Morgan fingerprint density at radius 2 is 1.83 bits per heavy atom. The second-order valence-electron chi connectivity index (χ2n) is 7.82. The number of carbonyl (C=O) groups excluding carboxylic acids is 1. The maximum atomic E-state index is 12.3. The van der Waals surface area contributed by atoms with Gasteiger partial charge < -0.3 is 4.74 Å². The number of aliphatic imine (C=N–C) groups is 1. The molecule has 0 spiro atoms. The topological polar surface area (TPSA) is 51.5 Å². The summed E-state index contributed by atoms with van der Waals surface area (Å²) in [6.45, 7) is 0. The molecule has 1 aromatic rings. The number of nitrogens with zero attached hydrogens (tertiary/aromatic N) is 2. The van der Waals surface area contributed by atoms with Crippen LogP contribution in [0.4, 0.5) is 0 Å². The smallest absolute Gasteiger partial charge is 0.363 e. The second kappa shape index (κ2) is 4.76. The summed E-state index contributed by atoms with van der Waals surface area (Å²) < 4.78 is 5.65. The molecule has 1 aromatic heterocycles. The van der Waals surface area contributed by atoms with Gasteiger partial charge in [-0.2, -0.15) is 0 Å². The molecule has 4 aliphatic carbocycles. The third-order valence-electron chi connectivity index (χ3n) is 6.10. The Morgan fingerprint density at radius 3 is 2.43 bits per heavy atom. The first-order valence-corrected chi connectivity index (χ1v) is 8.63. The lowest BCUT2D eigenvalue weighted by Crippen LogP contribution is -2.50. The molecule has 4 bridgehead atoms. The van der Waals surface area contributed by atoms with Crippen molar-refractivity contribution in [1.82, 2.24) is 4.98 Å². The predicted molar refractivity (Wildman–Crippen MR) is 86.3 cm³/mol. The summed E-state index contributed by atoms with van der Waals surface area (Å²) >= 11 is 0. The van der Waals surface area contributed by atoms with Crippen molar-refractivity contribution in [3.05, 3.63) is 35.8 Å². The summed E-state index contributed by atoms with van der Waals surface area (Å²) in [6, 6.07) is 3.78. The largest absolute Gasteiger partial charge is 0.406 e. The van der Waals surface area contributed by atoms with Gasteiger partial charge in [-0.3, -0.25) is 4.98 Å². The van der Waals surface area contributed by atoms with Crippen molar-refractivity contribution in [1.29, 1.82) is 0 Å². The highest BCUT2D eigenvalue weighted by atomic mass is 16.6. The number of pyridine rings is 1. The van der Waals surface area contributed by atoms with E-state index in [1.807, 2.05) is 12.1 Å². The van der Waals surface area contributed by atoms with Gasteiger partial charge >= 0.3 is 5.97 Å². The van der Waals surface area contributed by atoms with Gasteiger partial charge in [0.1, 0.15) is 0 Å². The lowest BCUT2D eigenvalue weighted by molar-refractivity contribution is -0.131. The summed E-state index contributed by atoms with van der Waals surface area (Å²) in [5.74, 6) is 2.84. The highest BCUT2D eigenvalue weighted by molar-refractivity contribution is 6.08. The van der Waals surface area contributed by atoms with E-state index in [0.717, 1.165) is 42.6 Å². The molecule has 4 fully saturated rings. The molecule has 4 heteroatoms. The molecule has 0 radical (unpaired) electrons. The minimum Gasteiger partial charge on any atom is -0.406 e. The van der Waals surface area contributed by atoms with E-state index in [1.165, 1.54) is 19.3 Å². The minimum absolute atomic E-state index is 0.0366. The molecule has 0 amide bonds. The Balaban J connectivity index is 1.49. The fraction of sp³-hybridized carbons (Fsp3) is 0.526. The van der Waals surface area contributed by atoms with Crippen molar-refractivity contribution >= 4 is 17.9 Å². The zero-order chi connectivity index (χ0) is 15.4. The molecule has 6 rings (SSSR count). The first kappa shape index (κ1) is 13.5. The lowest BCUT2D eigenvalue weighted by Gasteiger charge is -2.55. The number of esters is 1. The number of cyclic esters (lactones) is 1. The van der Waals surface area contributed by atoms with Crippen LogP contribution in [0.25, 0.3) is 6.08 Å². The van der Waals surface area contributed by atoms with Crippen LogP contribution in [0, 0.1) is 23.2 Å². The number of rotatable bonds is 2. The molecule has 0 N–H and O–H groups in total. The number of aromatic nitrogens is 1. The fourth-order valence-electron chi connectivity index (χ4n) is 5.63. The van der Waals surface area contributed by atoms with Crippen LogP contribution in [0.3, 0.4) is 0 Å². The summed E-state index contributed by atoms with van der Waals surface area (Å²) in [6.07, 6.45) is 12.8. The van der Waals surface area contributed by atoms with Gasteiger partial charge in [0.2, 0.25) is 5.90 Å². The van der Waals surface area contributed by atoms with Gasteiger partial charge in [0.25, 0.3) is 0 Å². The Morgan fingerprint density at radius 1 is 1.13 bits per heavy atom. The zero-order valence-electron chi connectivity index (χ0n) is 13.1. The highest BCUT2D eigenvalue weighted by Crippen LogP contribution is 2.61. The van der Waals surface area contributed by atoms with E-state index in [2.05, 4.69) is 9.98 Å². The number of hydrogen-bond acceptors (Lipinski definition) is 4. The van der Waals surface area contributed by atoms with Gasteiger partial charge in [-0.25, -0.2) is 9.79 Å². The van der Waals surface area contributed by atoms with E-state index in [4.69, 9.17) is 4.74 Å². The van der Waals surface area contributed by atoms with E-state index >= 15 is 0 Å². The predicted octanol–water partition coefficient (Wildman–Crippen LogP) is 3.59. The first-order chi connectivity index (χ1) is 11.2.